The second-order valence-corrected chi connectivity index (χ2v) is 5.47. The molecule has 1 aliphatic carbocycles. The van der Waals surface area contributed by atoms with Gasteiger partial charge >= 0.3 is 0 Å². The molecule has 2 atom stereocenters. The first kappa shape index (κ1) is 13.1. The highest BCUT2D eigenvalue weighted by atomic mass is 15.0. The van der Waals surface area contributed by atoms with Gasteiger partial charge in [0.25, 0.3) is 0 Å². The average Bonchev–Trinajstić information content (AvgIpc) is 2.36. The minimum absolute atomic E-state index is 0.557. The van der Waals surface area contributed by atoms with E-state index in [1.165, 1.54) is 25.7 Å². The number of hydrogen-bond donors (Lipinski definition) is 2. The van der Waals surface area contributed by atoms with Crippen LogP contribution in [0.3, 0.4) is 0 Å². The Balaban J connectivity index is 1.91. The third-order valence-electron chi connectivity index (χ3n) is 3.73. The standard InChI is InChI=1S/C14H24N4/c1-3-13-17-12(15)8-14(18-13)16-9-11-6-4-5-10(2)7-11/h8,10-11H,3-7,9H2,1-2H3,(H3,15,16,17,18). The molecule has 1 heterocycles. The second kappa shape index (κ2) is 6.03. The summed E-state index contributed by atoms with van der Waals surface area (Å²) in [5.41, 5.74) is 5.77. The molecule has 0 radical (unpaired) electrons. The van der Waals surface area contributed by atoms with Gasteiger partial charge in [-0.15, -0.1) is 0 Å². The Hall–Kier alpha value is -1.32. The van der Waals surface area contributed by atoms with Gasteiger partial charge in [0.15, 0.2) is 0 Å². The van der Waals surface area contributed by atoms with Crippen molar-refractivity contribution in [3.05, 3.63) is 11.9 Å². The highest BCUT2D eigenvalue weighted by Crippen LogP contribution is 2.28. The molecule has 1 aromatic rings. The van der Waals surface area contributed by atoms with E-state index in [1.54, 1.807) is 0 Å². The lowest BCUT2D eigenvalue weighted by Gasteiger charge is -2.27. The van der Waals surface area contributed by atoms with Gasteiger partial charge in [0.05, 0.1) is 0 Å². The number of nitrogens with two attached hydrogens (primary N) is 1. The molecule has 0 amide bonds. The summed E-state index contributed by atoms with van der Waals surface area (Å²) in [6, 6.07) is 1.82. The summed E-state index contributed by atoms with van der Waals surface area (Å²) in [7, 11) is 0. The molecular formula is C14H24N4. The van der Waals surface area contributed by atoms with E-state index in [2.05, 4.69) is 22.2 Å². The third-order valence-corrected chi connectivity index (χ3v) is 3.73. The molecule has 0 aromatic carbocycles. The lowest BCUT2D eigenvalue weighted by atomic mass is 9.82. The Morgan fingerprint density at radius 2 is 2.22 bits per heavy atom. The molecule has 3 N–H and O–H groups in total. The lowest BCUT2D eigenvalue weighted by Crippen LogP contribution is -2.21. The maximum atomic E-state index is 5.77. The van der Waals surface area contributed by atoms with Crippen LogP contribution in [0.1, 0.15) is 45.4 Å². The van der Waals surface area contributed by atoms with Gasteiger partial charge in [0.1, 0.15) is 17.5 Å². The molecule has 2 unspecified atom stereocenters. The van der Waals surface area contributed by atoms with Crippen molar-refractivity contribution in [1.82, 2.24) is 9.97 Å². The summed E-state index contributed by atoms with van der Waals surface area (Å²) in [4.78, 5) is 8.64. The van der Waals surface area contributed by atoms with E-state index >= 15 is 0 Å². The maximum absolute atomic E-state index is 5.77. The van der Waals surface area contributed by atoms with Crippen molar-refractivity contribution in [3.63, 3.8) is 0 Å². The number of nitrogens with zero attached hydrogens (tertiary/aromatic N) is 2. The first-order chi connectivity index (χ1) is 8.67. The van der Waals surface area contributed by atoms with Gasteiger partial charge in [-0.25, -0.2) is 9.97 Å². The van der Waals surface area contributed by atoms with Gasteiger partial charge < -0.3 is 11.1 Å². The zero-order valence-electron chi connectivity index (χ0n) is 11.4. The van der Waals surface area contributed by atoms with E-state index in [0.717, 1.165) is 36.4 Å². The molecule has 4 nitrogen and oxygen atoms in total. The molecule has 2 rings (SSSR count). The number of nitrogens with one attached hydrogen (secondary N) is 1. The third kappa shape index (κ3) is 3.59. The predicted molar refractivity (Wildman–Crippen MR) is 75.4 cm³/mol. The molecule has 1 fully saturated rings. The molecular weight excluding hydrogens is 224 g/mol. The minimum Gasteiger partial charge on any atom is -0.384 e. The molecule has 0 spiro atoms. The van der Waals surface area contributed by atoms with Gasteiger partial charge in [-0.05, 0) is 24.7 Å². The van der Waals surface area contributed by atoms with Crippen LogP contribution in [0.25, 0.3) is 0 Å². The number of aromatic nitrogens is 2. The van der Waals surface area contributed by atoms with Crippen LogP contribution in [0, 0.1) is 11.8 Å². The van der Waals surface area contributed by atoms with Crippen LogP contribution in [-0.4, -0.2) is 16.5 Å². The van der Waals surface area contributed by atoms with Crippen LogP contribution < -0.4 is 11.1 Å². The summed E-state index contributed by atoms with van der Waals surface area (Å²) in [5, 5.41) is 3.42. The van der Waals surface area contributed by atoms with Crippen molar-refractivity contribution in [3.8, 4) is 0 Å². The number of aryl methyl sites for hydroxylation is 1. The molecule has 18 heavy (non-hydrogen) atoms. The minimum atomic E-state index is 0.557. The van der Waals surface area contributed by atoms with Gasteiger partial charge in [-0.3, -0.25) is 0 Å². The summed E-state index contributed by atoms with van der Waals surface area (Å²) in [6.45, 7) is 5.40. The highest BCUT2D eigenvalue weighted by molar-refractivity contribution is 5.44. The summed E-state index contributed by atoms with van der Waals surface area (Å²) in [5.74, 6) is 3.88. The van der Waals surface area contributed by atoms with E-state index in [9.17, 15) is 0 Å². The van der Waals surface area contributed by atoms with Gasteiger partial charge in [-0.1, -0.05) is 26.7 Å². The van der Waals surface area contributed by atoms with Crippen LogP contribution in [-0.2, 0) is 6.42 Å². The topological polar surface area (TPSA) is 63.8 Å². The van der Waals surface area contributed by atoms with E-state index in [-0.39, 0.29) is 0 Å². The number of rotatable bonds is 4. The van der Waals surface area contributed by atoms with Crippen molar-refractivity contribution in [2.24, 2.45) is 11.8 Å². The quantitative estimate of drug-likeness (QED) is 0.860. The number of hydrogen-bond acceptors (Lipinski definition) is 4. The van der Waals surface area contributed by atoms with Crippen molar-refractivity contribution >= 4 is 11.6 Å². The molecule has 0 bridgehead atoms. The molecule has 1 aromatic heterocycles. The summed E-state index contributed by atoms with van der Waals surface area (Å²) >= 11 is 0. The van der Waals surface area contributed by atoms with Crippen LogP contribution >= 0.6 is 0 Å². The van der Waals surface area contributed by atoms with Crippen molar-refractivity contribution in [2.45, 2.75) is 46.0 Å². The predicted octanol–water partition coefficient (Wildman–Crippen LogP) is 2.86. The Bertz CT molecular complexity index is 391. The number of nitrogen functional groups attached to an aromatic ring is 1. The van der Waals surface area contributed by atoms with Gasteiger partial charge in [-0.2, -0.15) is 0 Å². The normalized spacial score (nSPS) is 23.9. The van der Waals surface area contributed by atoms with Crippen LogP contribution in [0.2, 0.25) is 0 Å². The van der Waals surface area contributed by atoms with Crippen molar-refractivity contribution in [1.29, 1.82) is 0 Å². The first-order valence-corrected chi connectivity index (χ1v) is 7.04. The molecule has 4 heteroatoms. The van der Waals surface area contributed by atoms with Gasteiger partial charge in [0.2, 0.25) is 0 Å². The molecule has 1 aliphatic rings. The van der Waals surface area contributed by atoms with E-state index < -0.39 is 0 Å². The fourth-order valence-electron chi connectivity index (χ4n) is 2.76. The Kier molecular flexibility index (Phi) is 4.39. The molecule has 100 valence electrons. The van der Waals surface area contributed by atoms with Crippen LogP contribution in [0.4, 0.5) is 11.6 Å². The maximum Gasteiger partial charge on any atom is 0.132 e. The number of anilines is 2. The Morgan fingerprint density at radius 3 is 2.94 bits per heavy atom. The van der Waals surface area contributed by atoms with Crippen molar-refractivity contribution < 1.29 is 0 Å². The largest absolute Gasteiger partial charge is 0.384 e. The molecule has 1 saturated carbocycles. The van der Waals surface area contributed by atoms with E-state index in [1.807, 2.05) is 13.0 Å². The smallest absolute Gasteiger partial charge is 0.132 e. The zero-order chi connectivity index (χ0) is 13.0. The van der Waals surface area contributed by atoms with E-state index in [0.29, 0.717) is 5.82 Å². The Labute approximate surface area is 109 Å². The fourth-order valence-corrected chi connectivity index (χ4v) is 2.76. The van der Waals surface area contributed by atoms with Crippen molar-refractivity contribution in [2.75, 3.05) is 17.6 Å². The molecule has 0 saturated heterocycles. The average molecular weight is 248 g/mol. The molecule has 0 aliphatic heterocycles. The second-order valence-electron chi connectivity index (χ2n) is 5.47. The first-order valence-electron chi connectivity index (χ1n) is 7.04. The Morgan fingerprint density at radius 1 is 1.39 bits per heavy atom. The monoisotopic (exact) mass is 248 g/mol. The van der Waals surface area contributed by atoms with E-state index in [4.69, 9.17) is 5.73 Å². The summed E-state index contributed by atoms with van der Waals surface area (Å²) < 4.78 is 0. The lowest BCUT2D eigenvalue weighted by molar-refractivity contribution is 0.293. The zero-order valence-corrected chi connectivity index (χ0v) is 11.4. The summed E-state index contributed by atoms with van der Waals surface area (Å²) in [6.07, 6.45) is 6.23. The van der Waals surface area contributed by atoms with Crippen LogP contribution in [0.5, 0.6) is 0 Å². The fraction of sp³-hybridized carbons (Fsp3) is 0.714. The van der Waals surface area contributed by atoms with Crippen LogP contribution in [0.15, 0.2) is 6.07 Å². The SMILES string of the molecule is CCc1nc(N)cc(NCC2CCCC(C)C2)n1. The highest BCUT2D eigenvalue weighted by Gasteiger charge is 2.18. The van der Waals surface area contributed by atoms with Gasteiger partial charge in [0, 0.05) is 19.0 Å².